The molecule has 0 aliphatic carbocycles. The Labute approximate surface area is 54.7 Å². The van der Waals surface area contributed by atoms with Crippen molar-refractivity contribution in [3.05, 3.63) is 37.2 Å². The minimum absolute atomic E-state index is 0.607. The Morgan fingerprint density at radius 3 is 2.78 bits per heavy atom. The van der Waals surface area contributed by atoms with Crippen LogP contribution in [0.1, 0.15) is 0 Å². The van der Waals surface area contributed by atoms with Gasteiger partial charge in [0, 0.05) is 12.4 Å². The van der Waals surface area contributed by atoms with Crippen LogP contribution in [0, 0.1) is 0 Å². The molecule has 0 radical (unpaired) electrons. The molecule has 9 heavy (non-hydrogen) atoms. The van der Waals surface area contributed by atoms with E-state index in [0.29, 0.717) is 6.61 Å². The maximum Gasteiger partial charge on any atom is 0.102 e. The quantitative estimate of drug-likeness (QED) is 0.551. The molecule has 1 rings (SSSR count). The molecular weight excluding hydrogens is 114 g/mol. The molecule has 0 spiro atoms. The van der Waals surface area contributed by atoms with Crippen molar-refractivity contribution in [2.24, 2.45) is 0 Å². The van der Waals surface area contributed by atoms with E-state index in [1.165, 1.54) is 0 Å². The standard InChI is InChI=1S/C7H9NO/c1-3-7-5-8(4-2)9-6-7/h3-5H,1-2,6H2. The molecule has 48 valence electrons. The summed E-state index contributed by atoms with van der Waals surface area (Å²) >= 11 is 0. The second-order valence-corrected chi connectivity index (χ2v) is 1.72. The van der Waals surface area contributed by atoms with Crippen molar-refractivity contribution in [3.63, 3.8) is 0 Å². The van der Waals surface area contributed by atoms with Gasteiger partial charge in [0.25, 0.3) is 0 Å². The third-order valence-corrected chi connectivity index (χ3v) is 1.12. The van der Waals surface area contributed by atoms with Gasteiger partial charge >= 0.3 is 0 Å². The fourth-order valence-corrected chi connectivity index (χ4v) is 0.604. The van der Waals surface area contributed by atoms with Crippen LogP contribution in [0.4, 0.5) is 0 Å². The predicted molar refractivity (Wildman–Crippen MR) is 36.3 cm³/mol. The molecule has 0 aromatic rings. The molecule has 0 aromatic carbocycles. The normalized spacial score (nSPS) is 17.3. The van der Waals surface area contributed by atoms with Gasteiger partial charge in [-0.15, -0.1) is 0 Å². The molecule has 2 nitrogen and oxygen atoms in total. The van der Waals surface area contributed by atoms with Gasteiger partial charge in [-0.3, -0.25) is 4.84 Å². The SMILES string of the molecule is C=CC1=CN(C=C)OC1. The van der Waals surface area contributed by atoms with Crippen molar-refractivity contribution in [3.8, 4) is 0 Å². The van der Waals surface area contributed by atoms with Crippen molar-refractivity contribution in [1.82, 2.24) is 5.06 Å². The Morgan fingerprint density at radius 1 is 1.67 bits per heavy atom. The van der Waals surface area contributed by atoms with Gasteiger partial charge in [0.1, 0.15) is 6.61 Å². The maximum atomic E-state index is 5.06. The monoisotopic (exact) mass is 123 g/mol. The zero-order valence-electron chi connectivity index (χ0n) is 5.21. The Kier molecular flexibility index (Phi) is 1.70. The first-order valence-electron chi connectivity index (χ1n) is 2.74. The maximum absolute atomic E-state index is 5.06. The summed E-state index contributed by atoms with van der Waals surface area (Å²) in [4.78, 5) is 5.06. The van der Waals surface area contributed by atoms with E-state index in [1.807, 2.05) is 6.20 Å². The molecule has 0 fully saturated rings. The lowest BCUT2D eigenvalue weighted by atomic mass is 10.3. The fraction of sp³-hybridized carbons (Fsp3) is 0.143. The van der Waals surface area contributed by atoms with E-state index in [2.05, 4.69) is 13.2 Å². The Morgan fingerprint density at radius 2 is 2.44 bits per heavy atom. The first-order chi connectivity index (χ1) is 4.36. The largest absolute Gasteiger partial charge is 0.265 e. The van der Waals surface area contributed by atoms with Crippen LogP contribution in [-0.4, -0.2) is 11.7 Å². The van der Waals surface area contributed by atoms with Gasteiger partial charge in [0.05, 0.1) is 0 Å². The minimum atomic E-state index is 0.607. The Hall–Kier alpha value is -1.02. The first-order valence-corrected chi connectivity index (χ1v) is 2.74. The van der Waals surface area contributed by atoms with E-state index in [9.17, 15) is 0 Å². The lowest BCUT2D eigenvalue weighted by Crippen LogP contribution is -2.02. The number of nitrogens with zero attached hydrogens (tertiary/aromatic N) is 1. The number of hydrogen-bond acceptors (Lipinski definition) is 2. The second kappa shape index (κ2) is 2.51. The van der Waals surface area contributed by atoms with Crippen LogP contribution in [0.3, 0.4) is 0 Å². The summed E-state index contributed by atoms with van der Waals surface area (Å²) in [5.74, 6) is 0. The van der Waals surface area contributed by atoms with E-state index in [1.54, 1.807) is 17.3 Å². The van der Waals surface area contributed by atoms with Crippen LogP contribution in [-0.2, 0) is 4.84 Å². The van der Waals surface area contributed by atoms with Gasteiger partial charge in [-0.25, -0.2) is 5.06 Å². The smallest absolute Gasteiger partial charge is 0.102 e. The van der Waals surface area contributed by atoms with E-state index >= 15 is 0 Å². The molecule has 0 atom stereocenters. The number of rotatable bonds is 2. The van der Waals surface area contributed by atoms with E-state index < -0.39 is 0 Å². The van der Waals surface area contributed by atoms with Gasteiger partial charge in [0.15, 0.2) is 0 Å². The average Bonchev–Trinajstić information content (AvgIpc) is 2.34. The van der Waals surface area contributed by atoms with Crippen molar-refractivity contribution in [2.45, 2.75) is 0 Å². The molecule has 0 bridgehead atoms. The van der Waals surface area contributed by atoms with Crippen molar-refractivity contribution >= 4 is 0 Å². The molecule has 1 aliphatic rings. The van der Waals surface area contributed by atoms with E-state index in [-0.39, 0.29) is 0 Å². The van der Waals surface area contributed by atoms with Crippen LogP contribution in [0.5, 0.6) is 0 Å². The number of hydrogen-bond donors (Lipinski definition) is 0. The molecule has 0 aromatic heterocycles. The third-order valence-electron chi connectivity index (χ3n) is 1.12. The van der Waals surface area contributed by atoms with Crippen LogP contribution < -0.4 is 0 Å². The third kappa shape index (κ3) is 1.21. The van der Waals surface area contributed by atoms with Crippen LogP contribution in [0.15, 0.2) is 37.2 Å². The highest BCUT2D eigenvalue weighted by Crippen LogP contribution is 2.09. The van der Waals surface area contributed by atoms with Crippen LogP contribution >= 0.6 is 0 Å². The molecule has 0 amide bonds. The Balaban J connectivity index is 2.59. The van der Waals surface area contributed by atoms with Gasteiger partial charge in [-0.2, -0.15) is 0 Å². The average molecular weight is 123 g/mol. The van der Waals surface area contributed by atoms with Gasteiger partial charge in [0.2, 0.25) is 0 Å². The highest BCUT2D eigenvalue weighted by atomic mass is 16.7. The minimum Gasteiger partial charge on any atom is -0.265 e. The molecule has 0 unspecified atom stereocenters. The molecular formula is C7H9NO. The second-order valence-electron chi connectivity index (χ2n) is 1.72. The zero-order chi connectivity index (χ0) is 6.69. The summed E-state index contributed by atoms with van der Waals surface area (Å²) < 4.78 is 0. The van der Waals surface area contributed by atoms with Gasteiger partial charge in [-0.1, -0.05) is 19.2 Å². The summed E-state index contributed by atoms with van der Waals surface area (Å²) in [6.45, 7) is 7.74. The van der Waals surface area contributed by atoms with Crippen molar-refractivity contribution < 1.29 is 4.84 Å². The Bertz CT molecular complexity index is 160. The molecule has 0 N–H and O–H groups in total. The summed E-state index contributed by atoms with van der Waals surface area (Å²) in [7, 11) is 0. The summed E-state index contributed by atoms with van der Waals surface area (Å²) in [6, 6.07) is 0. The lowest BCUT2D eigenvalue weighted by molar-refractivity contribution is -0.0477. The topological polar surface area (TPSA) is 12.5 Å². The molecule has 0 saturated carbocycles. The summed E-state index contributed by atoms with van der Waals surface area (Å²) in [5, 5.41) is 1.57. The highest BCUT2D eigenvalue weighted by molar-refractivity contribution is 5.18. The van der Waals surface area contributed by atoms with Gasteiger partial charge < -0.3 is 0 Å². The lowest BCUT2D eigenvalue weighted by Gasteiger charge is -2.04. The summed E-state index contributed by atoms with van der Waals surface area (Å²) in [6.07, 6.45) is 5.22. The highest BCUT2D eigenvalue weighted by Gasteiger charge is 2.05. The predicted octanol–water partition coefficient (Wildman–Crippen LogP) is 1.45. The fourth-order valence-electron chi connectivity index (χ4n) is 0.604. The number of hydroxylamine groups is 2. The molecule has 2 heteroatoms. The zero-order valence-corrected chi connectivity index (χ0v) is 5.21. The molecule has 1 heterocycles. The van der Waals surface area contributed by atoms with Crippen molar-refractivity contribution in [2.75, 3.05) is 6.61 Å². The van der Waals surface area contributed by atoms with Gasteiger partial charge in [-0.05, 0) is 5.57 Å². The van der Waals surface area contributed by atoms with Crippen molar-refractivity contribution in [1.29, 1.82) is 0 Å². The van der Waals surface area contributed by atoms with Crippen LogP contribution in [0.2, 0.25) is 0 Å². The summed E-state index contributed by atoms with van der Waals surface area (Å²) in [5.41, 5.74) is 1.08. The van der Waals surface area contributed by atoms with Crippen LogP contribution in [0.25, 0.3) is 0 Å². The van der Waals surface area contributed by atoms with E-state index in [4.69, 9.17) is 4.84 Å². The first kappa shape index (κ1) is 6.11. The molecule has 1 aliphatic heterocycles. The van der Waals surface area contributed by atoms with E-state index in [0.717, 1.165) is 5.57 Å². The molecule has 0 saturated heterocycles.